The van der Waals surface area contributed by atoms with Crippen LogP contribution < -0.4 is 5.32 Å². The highest BCUT2D eigenvalue weighted by atomic mass is 32.2. The van der Waals surface area contributed by atoms with Gasteiger partial charge in [0, 0.05) is 17.5 Å². The van der Waals surface area contributed by atoms with Crippen LogP contribution in [0.5, 0.6) is 0 Å². The Morgan fingerprint density at radius 3 is 2.67 bits per heavy atom. The van der Waals surface area contributed by atoms with E-state index in [0.717, 1.165) is 30.9 Å². The molecule has 2 rings (SSSR count). The summed E-state index contributed by atoms with van der Waals surface area (Å²) >= 11 is 0. The van der Waals surface area contributed by atoms with E-state index in [-0.39, 0.29) is 5.25 Å². The van der Waals surface area contributed by atoms with Crippen molar-refractivity contribution in [1.29, 1.82) is 0 Å². The van der Waals surface area contributed by atoms with E-state index in [1.807, 2.05) is 12.1 Å². The van der Waals surface area contributed by atoms with E-state index in [2.05, 4.69) is 38.2 Å². The van der Waals surface area contributed by atoms with E-state index in [1.165, 1.54) is 5.56 Å². The molecule has 4 heteroatoms. The highest BCUT2D eigenvalue weighted by Gasteiger charge is 2.30. The fourth-order valence-electron chi connectivity index (χ4n) is 2.65. The van der Waals surface area contributed by atoms with Gasteiger partial charge in [0.25, 0.3) is 0 Å². The number of hydrogen-bond acceptors (Lipinski definition) is 3. The molecular formula is C17H27NO2S. The third kappa shape index (κ3) is 4.38. The van der Waals surface area contributed by atoms with E-state index >= 15 is 0 Å². The van der Waals surface area contributed by atoms with Crippen LogP contribution in [-0.2, 0) is 15.5 Å². The zero-order valence-electron chi connectivity index (χ0n) is 13.3. The van der Waals surface area contributed by atoms with Crippen molar-refractivity contribution < 1.29 is 8.95 Å². The van der Waals surface area contributed by atoms with Crippen molar-refractivity contribution in [2.75, 3.05) is 19.8 Å². The molecule has 3 nitrogen and oxygen atoms in total. The van der Waals surface area contributed by atoms with Crippen LogP contribution >= 0.6 is 0 Å². The van der Waals surface area contributed by atoms with Gasteiger partial charge in [-0.15, -0.1) is 0 Å². The Kier molecular flexibility index (Phi) is 6.40. The van der Waals surface area contributed by atoms with Crippen molar-refractivity contribution in [1.82, 2.24) is 5.32 Å². The molecule has 1 aliphatic rings. The molecule has 1 heterocycles. The number of rotatable bonds is 6. The summed E-state index contributed by atoms with van der Waals surface area (Å²) in [5.41, 5.74) is 1.29. The smallest absolute Gasteiger partial charge is 0.0782 e. The SMILES string of the molecule is CCCNC1CCOCC1S(=O)c1ccc(C(C)C)cc1. The number of nitrogens with one attached hydrogen (secondary N) is 1. The van der Waals surface area contributed by atoms with Gasteiger partial charge in [-0.1, -0.05) is 32.9 Å². The Labute approximate surface area is 130 Å². The van der Waals surface area contributed by atoms with Gasteiger partial charge in [0.05, 0.1) is 22.7 Å². The van der Waals surface area contributed by atoms with E-state index in [0.29, 0.717) is 18.6 Å². The average Bonchev–Trinajstić information content (AvgIpc) is 2.52. The van der Waals surface area contributed by atoms with Gasteiger partial charge < -0.3 is 10.1 Å². The molecule has 0 radical (unpaired) electrons. The lowest BCUT2D eigenvalue weighted by Gasteiger charge is -2.31. The van der Waals surface area contributed by atoms with Crippen molar-refractivity contribution in [3.8, 4) is 0 Å². The molecule has 1 N–H and O–H groups in total. The minimum absolute atomic E-state index is 0.0511. The van der Waals surface area contributed by atoms with Crippen LogP contribution in [-0.4, -0.2) is 35.3 Å². The summed E-state index contributed by atoms with van der Waals surface area (Å²) in [5, 5.41) is 3.58. The lowest BCUT2D eigenvalue weighted by atomic mass is 10.0. The molecule has 1 fully saturated rings. The molecule has 0 bridgehead atoms. The zero-order valence-corrected chi connectivity index (χ0v) is 14.1. The predicted octanol–water partition coefficient (Wildman–Crippen LogP) is 3.07. The first-order chi connectivity index (χ1) is 10.1. The molecular weight excluding hydrogens is 282 g/mol. The maximum Gasteiger partial charge on any atom is 0.0782 e. The molecule has 3 atom stereocenters. The summed E-state index contributed by atoms with van der Waals surface area (Å²) in [5.74, 6) is 0.504. The lowest BCUT2D eigenvalue weighted by Crippen LogP contribution is -2.48. The van der Waals surface area contributed by atoms with Gasteiger partial charge >= 0.3 is 0 Å². The predicted molar refractivity (Wildman–Crippen MR) is 88.2 cm³/mol. The van der Waals surface area contributed by atoms with Crippen molar-refractivity contribution in [3.63, 3.8) is 0 Å². The van der Waals surface area contributed by atoms with Crippen LogP contribution in [0.4, 0.5) is 0 Å². The zero-order chi connectivity index (χ0) is 15.2. The van der Waals surface area contributed by atoms with Crippen LogP contribution in [0, 0.1) is 0 Å². The Bertz CT molecular complexity index is 458. The molecule has 3 unspecified atom stereocenters. The number of hydrogen-bond donors (Lipinski definition) is 1. The van der Waals surface area contributed by atoms with Gasteiger partial charge in [-0.2, -0.15) is 0 Å². The summed E-state index contributed by atoms with van der Waals surface area (Å²) in [6.45, 7) is 8.83. The molecule has 0 aromatic heterocycles. The van der Waals surface area contributed by atoms with Gasteiger partial charge in [0.1, 0.15) is 0 Å². The molecule has 1 aromatic rings. The summed E-state index contributed by atoms with van der Waals surface area (Å²) < 4.78 is 18.4. The summed E-state index contributed by atoms with van der Waals surface area (Å²) in [6.07, 6.45) is 2.04. The van der Waals surface area contributed by atoms with Crippen molar-refractivity contribution in [2.24, 2.45) is 0 Å². The fraction of sp³-hybridized carbons (Fsp3) is 0.647. The molecule has 0 aliphatic carbocycles. The van der Waals surface area contributed by atoms with Gasteiger partial charge in [0.15, 0.2) is 0 Å². The first kappa shape index (κ1) is 16.7. The first-order valence-corrected chi connectivity index (χ1v) is 9.16. The average molecular weight is 309 g/mol. The quantitative estimate of drug-likeness (QED) is 0.877. The van der Waals surface area contributed by atoms with Gasteiger partial charge in [-0.25, -0.2) is 0 Å². The molecule has 1 aromatic carbocycles. The number of ether oxygens (including phenoxy) is 1. The van der Waals surface area contributed by atoms with Crippen LogP contribution in [0.3, 0.4) is 0 Å². The molecule has 1 saturated heterocycles. The molecule has 0 amide bonds. The monoisotopic (exact) mass is 309 g/mol. The molecule has 1 aliphatic heterocycles. The summed E-state index contributed by atoms with van der Waals surface area (Å²) in [7, 11) is -1.01. The second kappa shape index (κ2) is 8.06. The third-order valence-corrected chi connectivity index (χ3v) is 5.77. The Morgan fingerprint density at radius 1 is 1.33 bits per heavy atom. The van der Waals surface area contributed by atoms with E-state index in [9.17, 15) is 4.21 Å². The molecule has 0 saturated carbocycles. The highest BCUT2D eigenvalue weighted by Crippen LogP contribution is 2.22. The highest BCUT2D eigenvalue weighted by molar-refractivity contribution is 7.85. The van der Waals surface area contributed by atoms with Gasteiger partial charge in [-0.3, -0.25) is 4.21 Å². The normalized spacial score (nSPS) is 24.2. The Hall–Kier alpha value is -0.710. The van der Waals surface area contributed by atoms with E-state index in [1.54, 1.807) is 0 Å². The molecule has 0 spiro atoms. The van der Waals surface area contributed by atoms with Crippen molar-refractivity contribution >= 4 is 10.8 Å². The van der Waals surface area contributed by atoms with E-state index < -0.39 is 10.8 Å². The van der Waals surface area contributed by atoms with Crippen LogP contribution in [0.15, 0.2) is 29.2 Å². The van der Waals surface area contributed by atoms with Gasteiger partial charge in [0.2, 0.25) is 0 Å². The minimum Gasteiger partial charge on any atom is -0.380 e. The lowest BCUT2D eigenvalue weighted by molar-refractivity contribution is 0.0820. The summed E-state index contributed by atoms with van der Waals surface area (Å²) in [6, 6.07) is 8.50. The van der Waals surface area contributed by atoms with Gasteiger partial charge in [-0.05, 0) is 43.0 Å². The topological polar surface area (TPSA) is 38.3 Å². The summed E-state index contributed by atoms with van der Waals surface area (Å²) in [4.78, 5) is 0.915. The maximum atomic E-state index is 12.8. The van der Waals surface area contributed by atoms with Crippen molar-refractivity contribution in [3.05, 3.63) is 29.8 Å². The molecule has 118 valence electrons. The maximum absolute atomic E-state index is 12.8. The largest absolute Gasteiger partial charge is 0.380 e. The fourth-order valence-corrected chi connectivity index (χ4v) is 4.15. The third-order valence-electron chi connectivity index (χ3n) is 4.01. The minimum atomic E-state index is -1.01. The second-order valence-electron chi connectivity index (χ2n) is 5.98. The Morgan fingerprint density at radius 2 is 2.05 bits per heavy atom. The van der Waals surface area contributed by atoms with Crippen molar-refractivity contribution in [2.45, 2.75) is 55.7 Å². The number of benzene rings is 1. The first-order valence-electron chi connectivity index (χ1n) is 7.95. The molecule has 21 heavy (non-hydrogen) atoms. The second-order valence-corrected chi connectivity index (χ2v) is 7.66. The van der Waals surface area contributed by atoms with E-state index in [4.69, 9.17) is 4.74 Å². The Balaban J connectivity index is 2.08. The standard InChI is InChI=1S/C17H27NO2S/c1-4-10-18-16-9-11-20-12-17(16)21(19)15-7-5-14(6-8-15)13(2)3/h5-8,13,16-18H,4,9-12H2,1-3H3. The van der Waals surface area contributed by atoms with Crippen LogP contribution in [0.1, 0.15) is 45.1 Å². The van der Waals surface area contributed by atoms with Crippen LogP contribution in [0.25, 0.3) is 0 Å². The van der Waals surface area contributed by atoms with Crippen LogP contribution in [0.2, 0.25) is 0 Å².